The summed E-state index contributed by atoms with van der Waals surface area (Å²) in [5.74, 6) is 0.266. The minimum atomic E-state index is -0.230. The molecule has 1 atom stereocenters. The molecule has 0 aliphatic carbocycles. The highest BCUT2D eigenvalue weighted by Gasteiger charge is 2.24. The van der Waals surface area contributed by atoms with E-state index in [1.807, 2.05) is 28.9 Å². The van der Waals surface area contributed by atoms with Gasteiger partial charge in [-0.25, -0.2) is 0 Å². The number of fused-ring (bicyclic) bond motifs is 1. The summed E-state index contributed by atoms with van der Waals surface area (Å²) >= 11 is 0. The summed E-state index contributed by atoms with van der Waals surface area (Å²) in [5.41, 5.74) is 3.12. The quantitative estimate of drug-likeness (QED) is 0.928. The molecule has 0 spiro atoms. The SMILES string of the molecule is CC(=O)N1CCc2cc(N[C@H](C)C(=O)N3CCCCCC3)ccc21. The van der Waals surface area contributed by atoms with Crippen LogP contribution in [-0.2, 0) is 16.0 Å². The smallest absolute Gasteiger partial charge is 0.244 e. The van der Waals surface area contributed by atoms with Crippen molar-refractivity contribution in [3.63, 3.8) is 0 Å². The molecule has 0 aromatic heterocycles. The molecule has 1 aromatic carbocycles. The summed E-state index contributed by atoms with van der Waals surface area (Å²) in [6.07, 6.45) is 5.54. The van der Waals surface area contributed by atoms with E-state index < -0.39 is 0 Å². The molecule has 0 radical (unpaired) electrons. The highest BCUT2D eigenvalue weighted by molar-refractivity contribution is 5.94. The molecular weight excluding hydrogens is 302 g/mol. The summed E-state index contributed by atoms with van der Waals surface area (Å²) in [7, 11) is 0. The number of likely N-dealkylation sites (tertiary alicyclic amines) is 1. The number of carbonyl (C=O) groups excluding carboxylic acids is 2. The van der Waals surface area contributed by atoms with Crippen LogP contribution < -0.4 is 10.2 Å². The van der Waals surface area contributed by atoms with E-state index in [0.29, 0.717) is 0 Å². The van der Waals surface area contributed by atoms with Crippen molar-refractivity contribution in [3.8, 4) is 0 Å². The molecule has 2 aliphatic rings. The Morgan fingerprint density at radius 3 is 2.46 bits per heavy atom. The molecule has 1 fully saturated rings. The van der Waals surface area contributed by atoms with Crippen molar-refractivity contribution in [2.75, 3.05) is 29.9 Å². The molecule has 1 aromatic rings. The fourth-order valence-electron chi connectivity index (χ4n) is 3.70. The molecular formula is C19H27N3O2. The van der Waals surface area contributed by atoms with Crippen molar-refractivity contribution >= 4 is 23.2 Å². The van der Waals surface area contributed by atoms with Gasteiger partial charge in [-0.3, -0.25) is 9.59 Å². The molecule has 0 saturated carbocycles. The second-order valence-electron chi connectivity index (χ2n) is 6.87. The maximum atomic E-state index is 12.6. The third-order valence-corrected chi connectivity index (χ3v) is 5.03. The van der Waals surface area contributed by atoms with Crippen LogP contribution in [0, 0.1) is 0 Å². The summed E-state index contributed by atoms with van der Waals surface area (Å²) in [6.45, 7) is 6.03. The second-order valence-corrected chi connectivity index (χ2v) is 6.87. The van der Waals surface area contributed by atoms with Crippen molar-refractivity contribution < 1.29 is 9.59 Å². The van der Waals surface area contributed by atoms with E-state index in [1.54, 1.807) is 6.92 Å². The molecule has 2 aliphatic heterocycles. The van der Waals surface area contributed by atoms with Gasteiger partial charge in [0.15, 0.2) is 0 Å². The van der Waals surface area contributed by atoms with Crippen LogP contribution in [0.15, 0.2) is 18.2 Å². The van der Waals surface area contributed by atoms with Crippen LogP contribution in [0.25, 0.3) is 0 Å². The maximum absolute atomic E-state index is 12.6. The standard InChI is InChI=1S/C19H27N3O2/c1-14(19(24)21-10-5-3-4-6-11-21)20-17-7-8-18-16(13-17)9-12-22(18)15(2)23/h7-8,13-14,20H,3-6,9-12H2,1-2H3/t14-/m1/s1. The zero-order chi connectivity index (χ0) is 17.1. The van der Waals surface area contributed by atoms with Crippen molar-refractivity contribution in [2.24, 2.45) is 0 Å². The lowest BCUT2D eigenvalue weighted by atomic mass is 10.1. The van der Waals surface area contributed by atoms with Gasteiger partial charge in [0.1, 0.15) is 6.04 Å². The van der Waals surface area contributed by atoms with Crippen LogP contribution in [0.2, 0.25) is 0 Å². The van der Waals surface area contributed by atoms with Gasteiger partial charge in [0.2, 0.25) is 11.8 Å². The van der Waals surface area contributed by atoms with Crippen molar-refractivity contribution in [1.82, 2.24) is 4.90 Å². The maximum Gasteiger partial charge on any atom is 0.244 e. The third-order valence-electron chi connectivity index (χ3n) is 5.03. The Labute approximate surface area is 144 Å². The molecule has 130 valence electrons. The predicted octanol–water partition coefficient (Wildman–Crippen LogP) is 2.80. The van der Waals surface area contributed by atoms with Crippen molar-refractivity contribution in [2.45, 2.75) is 52.0 Å². The van der Waals surface area contributed by atoms with Crippen molar-refractivity contribution in [1.29, 1.82) is 0 Å². The Balaban J connectivity index is 1.65. The van der Waals surface area contributed by atoms with Gasteiger partial charge in [-0.05, 0) is 49.9 Å². The second kappa shape index (κ2) is 7.24. The first-order valence-electron chi connectivity index (χ1n) is 9.02. The summed E-state index contributed by atoms with van der Waals surface area (Å²) in [4.78, 5) is 28.1. The van der Waals surface area contributed by atoms with Crippen LogP contribution in [0.1, 0.15) is 45.1 Å². The molecule has 5 nitrogen and oxygen atoms in total. The third kappa shape index (κ3) is 3.55. The number of carbonyl (C=O) groups is 2. The number of anilines is 2. The number of benzene rings is 1. The zero-order valence-corrected chi connectivity index (χ0v) is 14.7. The van der Waals surface area contributed by atoms with Crippen molar-refractivity contribution in [3.05, 3.63) is 23.8 Å². The van der Waals surface area contributed by atoms with Gasteiger partial charge in [0.25, 0.3) is 0 Å². The number of nitrogens with zero attached hydrogens (tertiary/aromatic N) is 2. The van der Waals surface area contributed by atoms with E-state index in [2.05, 4.69) is 11.4 Å². The molecule has 2 amide bonds. The largest absolute Gasteiger partial charge is 0.374 e. The monoisotopic (exact) mass is 329 g/mol. The van der Waals surface area contributed by atoms with Gasteiger partial charge in [0.05, 0.1) is 0 Å². The topological polar surface area (TPSA) is 52.7 Å². The average Bonchev–Trinajstić information content (AvgIpc) is 2.79. The average molecular weight is 329 g/mol. The Morgan fingerprint density at radius 1 is 1.08 bits per heavy atom. The zero-order valence-electron chi connectivity index (χ0n) is 14.7. The lowest BCUT2D eigenvalue weighted by molar-refractivity contribution is -0.131. The molecule has 1 saturated heterocycles. The minimum Gasteiger partial charge on any atom is -0.374 e. The number of nitrogens with one attached hydrogen (secondary N) is 1. The Hall–Kier alpha value is -2.04. The number of hydrogen-bond acceptors (Lipinski definition) is 3. The van der Waals surface area contributed by atoms with E-state index in [9.17, 15) is 9.59 Å². The Bertz CT molecular complexity index is 621. The normalized spacial score (nSPS) is 18.8. The van der Waals surface area contributed by atoms with Gasteiger partial charge in [0, 0.05) is 37.9 Å². The Morgan fingerprint density at radius 2 is 1.79 bits per heavy atom. The van der Waals surface area contributed by atoms with Gasteiger partial charge in [-0.1, -0.05) is 12.8 Å². The van der Waals surface area contributed by atoms with Gasteiger partial charge in [-0.15, -0.1) is 0 Å². The first-order chi connectivity index (χ1) is 11.6. The molecule has 1 N–H and O–H groups in total. The molecule has 0 bridgehead atoms. The summed E-state index contributed by atoms with van der Waals surface area (Å²) < 4.78 is 0. The van der Waals surface area contributed by atoms with Crippen LogP contribution >= 0.6 is 0 Å². The number of rotatable bonds is 3. The fourth-order valence-corrected chi connectivity index (χ4v) is 3.70. The minimum absolute atomic E-state index is 0.0826. The van der Waals surface area contributed by atoms with E-state index in [0.717, 1.165) is 50.3 Å². The van der Waals surface area contributed by atoms with Crippen LogP contribution in [0.4, 0.5) is 11.4 Å². The molecule has 5 heteroatoms. The fraction of sp³-hybridized carbons (Fsp3) is 0.579. The van der Waals surface area contributed by atoms with Crippen LogP contribution in [-0.4, -0.2) is 42.4 Å². The van der Waals surface area contributed by atoms with E-state index in [-0.39, 0.29) is 17.9 Å². The number of amides is 2. The van der Waals surface area contributed by atoms with E-state index in [1.165, 1.54) is 18.4 Å². The molecule has 2 heterocycles. The van der Waals surface area contributed by atoms with E-state index in [4.69, 9.17) is 0 Å². The Kier molecular flexibility index (Phi) is 5.07. The predicted molar refractivity (Wildman–Crippen MR) is 96.3 cm³/mol. The number of hydrogen-bond donors (Lipinski definition) is 1. The van der Waals surface area contributed by atoms with Gasteiger partial charge < -0.3 is 15.1 Å². The highest BCUT2D eigenvalue weighted by Crippen LogP contribution is 2.30. The van der Waals surface area contributed by atoms with Gasteiger partial charge in [-0.2, -0.15) is 0 Å². The summed E-state index contributed by atoms with van der Waals surface area (Å²) in [5, 5.41) is 3.34. The van der Waals surface area contributed by atoms with Crippen LogP contribution in [0.3, 0.4) is 0 Å². The summed E-state index contributed by atoms with van der Waals surface area (Å²) in [6, 6.07) is 5.79. The first kappa shape index (κ1) is 16.8. The highest BCUT2D eigenvalue weighted by atomic mass is 16.2. The molecule has 24 heavy (non-hydrogen) atoms. The van der Waals surface area contributed by atoms with Crippen LogP contribution in [0.5, 0.6) is 0 Å². The molecule has 3 rings (SSSR count). The first-order valence-corrected chi connectivity index (χ1v) is 9.02. The van der Waals surface area contributed by atoms with E-state index >= 15 is 0 Å². The lowest BCUT2D eigenvalue weighted by Gasteiger charge is -2.25. The molecule has 0 unspecified atom stereocenters. The lowest BCUT2D eigenvalue weighted by Crippen LogP contribution is -2.41. The van der Waals surface area contributed by atoms with Gasteiger partial charge >= 0.3 is 0 Å².